The summed E-state index contributed by atoms with van der Waals surface area (Å²) < 4.78 is 96.6. The van der Waals surface area contributed by atoms with Crippen LogP contribution >= 0.6 is 0 Å². The number of aromatic nitrogens is 4. The van der Waals surface area contributed by atoms with E-state index in [-0.39, 0.29) is 35.3 Å². The molecule has 9 nitrogen and oxygen atoms in total. The normalized spacial score (nSPS) is 19.0. The molecule has 1 N–H and O–H groups in total. The molecule has 1 saturated carbocycles. The molecule has 1 spiro atoms. The summed E-state index contributed by atoms with van der Waals surface area (Å²) in [6.07, 6.45) is 1.50. The minimum absolute atomic E-state index is 0.0939. The molecule has 15 heteroatoms. The van der Waals surface area contributed by atoms with Gasteiger partial charge in [0.25, 0.3) is 0 Å². The van der Waals surface area contributed by atoms with Gasteiger partial charge in [0.05, 0.1) is 22.7 Å². The molecule has 2 fully saturated rings. The first-order valence-corrected chi connectivity index (χ1v) is 13.8. The van der Waals surface area contributed by atoms with Gasteiger partial charge in [-0.05, 0) is 18.9 Å². The quantitative estimate of drug-likeness (QED) is 0.486. The van der Waals surface area contributed by atoms with E-state index in [1.165, 1.54) is 24.2 Å². The minimum Gasteiger partial charge on any atom is -0.503 e. The van der Waals surface area contributed by atoms with Gasteiger partial charge >= 0.3 is 6.18 Å². The molecule has 3 heterocycles. The number of sulfonamides is 1. The average molecular weight is 561 g/mol. The van der Waals surface area contributed by atoms with E-state index in [9.17, 15) is 35.5 Å². The molecule has 1 aromatic carbocycles. The first-order chi connectivity index (χ1) is 17.7. The van der Waals surface area contributed by atoms with Crippen LogP contribution in [0.15, 0.2) is 12.3 Å². The number of phenolic OH excluding ortho intramolecular Hbond substituents is 1. The highest BCUT2D eigenvalue weighted by Gasteiger charge is 2.47. The fourth-order valence-electron chi connectivity index (χ4n) is 5.65. The Morgan fingerprint density at radius 2 is 1.76 bits per heavy atom. The van der Waals surface area contributed by atoms with Crippen molar-refractivity contribution in [3.8, 4) is 17.0 Å². The van der Waals surface area contributed by atoms with Crippen molar-refractivity contribution in [3.05, 3.63) is 29.5 Å². The zero-order chi connectivity index (χ0) is 27.6. The molecule has 0 atom stereocenters. The van der Waals surface area contributed by atoms with Crippen LogP contribution in [0.25, 0.3) is 22.3 Å². The molecule has 0 amide bonds. The van der Waals surface area contributed by atoms with Crippen molar-refractivity contribution >= 4 is 27.0 Å². The van der Waals surface area contributed by atoms with Crippen LogP contribution in [-0.2, 0) is 23.2 Å². The highest BCUT2D eigenvalue weighted by atomic mass is 32.2. The van der Waals surface area contributed by atoms with E-state index in [1.54, 1.807) is 4.31 Å². The molecule has 0 bridgehead atoms. The summed E-state index contributed by atoms with van der Waals surface area (Å²) in [7, 11) is -1.99. The standard InChI is InChI=1S/C23H25F5N6O3S/c1-32-20-14(18(31-32)13-10-15(23(26,27)28)17(25)19(35)16(13)24)11-29-21(30-20)33-8-9-34(38(2,36)37)22(12-33)6-4-3-5-7-22/h10-11,35H,3-9,12H2,1-2H3. The van der Waals surface area contributed by atoms with Gasteiger partial charge in [0.1, 0.15) is 5.69 Å². The van der Waals surface area contributed by atoms with E-state index >= 15 is 0 Å². The lowest BCUT2D eigenvalue weighted by Crippen LogP contribution is -2.64. The number of fused-ring (bicyclic) bond motifs is 1. The van der Waals surface area contributed by atoms with Crippen molar-refractivity contribution in [1.29, 1.82) is 0 Å². The Kier molecular flexibility index (Phi) is 6.29. The lowest BCUT2D eigenvalue weighted by molar-refractivity contribution is -0.140. The van der Waals surface area contributed by atoms with Crippen molar-refractivity contribution in [3.63, 3.8) is 0 Å². The van der Waals surface area contributed by atoms with Crippen LogP contribution in [-0.4, -0.2) is 69.0 Å². The lowest BCUT2D eigenvalue weighted by atomic mass is 9.80. The number of hydrogen-bond acceptors (Lipinski definition) is 7. The van der Waals surface area contributed by atoms with Crippen LogP contribution in [0.5, 0.6) is 5.75 Å². The molecule has 1 aliphatic heterocycles. The van der Waals surface area contributed by atoms with Crippen LogP contribution in [0, 0.1) is 11.6 Å². The molecule has 1 saturated heterocycles. The predicted octanol–water partition coefficient (Wildman–Crippen LogP) is 3.82. The van der Waals surface area contributed by atoms with Crippen molar-refractivity contribution in [2.24, 2.45) is 7.05 Å². The van der Waals surface area contributed by atoms with E-state index < -0.39 is 50.2 Å². The number of nitrogens with zero attached hydrogens (tertiary/aromatic N) is 6. The van der Waals surface area contributed by atoms with Crippen molar-refractivity contribution in [1.82, 2.24) is 24.1 Å². The molecule has 206 valence electrons. The SMILES string of the molecule is Cn1nc(-c2cc(C(F)(F)F)c(F)c(O)c2F)c2cnc(N3CCN(S(C)(=O)=O)C4(CCCCC4)C3)nc21. The molecule has 2 aromatic heterocycles. The number of alkyl halides is 3. The molecule has 38 heavy (non-hydrogen) atoms. The number of halogens is 5. The third kappa shape index (κ3) is 4.34. The predicted molar refractivity (Wildman–Crippen MR) is 128 cm³/mol. The van der Waals surface area contributed by atoms with Gasteiger partial charge in [0, 0.05) is 38.4 Å². The second-order valence-corrected chi connectivity index (χ2v) is 11.8. The number of anilines is 1. The molecular formula is C23H25F5N6O3S. The van der Waals surface area contributed by atoms with Gasteiger partial charge in [-0.15, -0.1) is 0 Å². The first kappa shape index (κ1) is 26.5. The van der Waals surface area contributed by atoms with Gasteiger partial charge < -0.3 is 10.0 Å². The van der Waals surface area contributed by atoms with E-state index in [1.807, 2.05) is 4.90 Å². The first-order valence-electron chi connectivity index (χ1n) is 11.9. The maximum atomic E-state index is 14.7. The average Bonchev–Trinajstić information content (AvgIpc) is 3.17. The molecule has 3 aromatic rings. The number of aryl methyl sites for hydroxylation is 1. The highest BCUT2D eigenvalue weighted by molar-refractivity contribution is 7.88. The second-order valence-electron chi connectivity index (χ2n) is 9.87. The zero-order valence-electron chi connectivity index (χ0n) is 20.6. The molecule has 2 aliphatic rings. The van der Waals surface area contributed by atoms with Gasteiger partial charge in [-0.1, -0.05) is 19.3 Å². The second kappa shape index (κ2) is 9.00. The van der Waals surface area contributed by atoms with E-state index in [0.717, 1.165) is 19.3 Å². The Morgan fingerprint density at radius 3 is 2.39 bits per heavy atom. The van der Waals surface area contributed by atoms with Gasteiger partial charge in [0.2, 0.25) is 16.0 Å². The lowest BCUT2D eigenvalue weighted by Gasteiger charge is -2.51. The Labute approximate surface area is 214 Å². The number of phenols is 1. The number of rotatable bonds is 3. The minimum atomic E-state index is -5.18. The zero-order valence-corrected chi connectivity index (χ0v) is 21.4. The van der Waals surface area contributed by atoms with Gasteiger partial charge in [-0.2, -0.15) is 27.6 Å². The van der Waals surface area contributed by atoms with Crippen molar-refractivity contribution in [2.45, 2.75) is 43.8 Å². The Bertz CT molecular complexity index is 1520. The molecule has 0 unspecified atom stereocenters. The van der Waals surface area contributed by atoms with Crippen LogP contribution < -0.4 is 4.90 Å². The summed E-state index contributed by atoms with van der Waals surface area (Å²) in [5, 5.41) is 13.9. The number of piperazine rings is 1. The Hall–Kier alpha value is -3.07. The van der Waals surface area contributed by atoms with Crippen LogP contribution in [0.1, 0.15) is 37.7 Å². The molecular weight excluding hydrogens is 535 g/mol. The molecule has 1 aliphatic carbocycles. The number of benzene rings is 1. The van der Waals surface area contributed by atoms with E-state index in [4.69, 9.17) is 0 Å². The van der Waals surface area contributed by atoms with Gasteiger partial charge in [-0.3, -0.25) is 0 Å². The van der Waals surface area contributed by atoms with Crippen LogP contribution in [0.3, 0.4) is 0 Å². The van der Waals surface area contributed by atoms with Crippen molar-refractivity contribution < 1.29 is 35.5 Å². The summed E-state index contributed by atoms with van der Waals surface area (Å²) in [5.74, 6) is -5.19. The monoisotopic (exact) mass is 560 g/mol. The summed E-state index contributed by atoms with van der Waals surface area (Å²) >= 11 is 0. The van der Waals surface area contributed by atoms with Gasteiger partial charge in [0.15, 0.2) is 23.0 Å². The third-order valence-corrected chi connectivity index (χ3v) is 8.73. The molecule has 0 radical (unpaired) electrons. The Morgan fingerprint density at radius 1 is 1.08 bits per heavy atom. The smallest absolute Gasteiger partial charge is 0.419 e. The third-order valence-electron chi connectivity index (χ3n) is 7.36. The number of hydrogen-bond donors (Lipinski definition) is 1. The summed E-state index contributed by atoms with van der Waals surface area (Å²) in [5.41, 5.74) is -3.30. The Balaban J connectivity index is 1.56. The fourth-order valence-corrected chi connectivity index (χ4v) is 7.01. The fraction of sp³-hybridized carbons (Fsp3) is 0.522. The summed E-state index contributed by atoms with van der Waals surface area (Å²) in [4.78, 5) is 10.7. The summed E-state index contributed by atoms with van der Waals surface area (Å²) in [6, 6.07) is 0.261. The maximum Gasteiger partial charge on any atom is 0.419 e. The van der Waals surface area contributed by atoms with Crippen LogP contribution in [0.4, 0.5) is 27.9 Å². The van der Waals surface area contributed by atoms with Crippen molar-refractivity contribution in [2.75, 3.05) is 30.8 Å². The molecule has 5 rings (SSSR count). The highest BCUT2D eigenvalue weighted by Crippen LogP contribution is 2.42. The number of aromatic hydroxyl groups is 1. The van der Waals surface area contributed by atoms with Gasteiger partial charge in [-0.25, -0.2) is 26.9 Å². The maximum absolute atomic E-state index is 14.7. The van der Waals surface area contributed by atoms with E-state index in [0.29, 0.717) is 25.9 Å². The largest absolute Gasteiger partial charge is 0.503 e. The topological polar surface area (TPSA) is 104 Å². The van der Waals surface area contributed by atoms with Crippen LogP contribution in [0.2, 0.25) is 0 Å². The van der Waals surface area contributed by atoms with E-state index in [2.05, 4.69) is 15.1 Å². The summed E-state index contributed by atoms with van der Waals surface area (Å²) in [6.45, 7) is 0.934.